The summed E-state index contributed by atoms with van der Waals surface area (Å²) in [6, 6.07) is 1.13. The second-order valence-electron chi connectivity index (χ2n) is 4.35. The number of rotatable bonds is 2. The van der Waals surface area contributed by atoms with E-state index in [4.69, 9.17) is 5.11 Å². The first-order chi connectivity index (χ1) is 9.40. The summed E-state index contributed by atoms with van der Waals surface area (Å²) >= 11 is 2.96. The molecule has 1 aromatic carbocycles. The van der Waals surface area contributed by atoms with Crippen LogP contribution in [-0.4, -0.2) is 29.7 Å². The monoisotopic (exact) mass is 348 g/mol. The highest BCUT2D eigenvalue weighted by molar-refractivity contribution is 9.10. The van der Waals surface area contributed by atoms with E-state index in [9.17, 15) is 18.4 Å². The maximum absolute atomic E-state index is 13.9. The number of amides is 2. The van der Waals surface area contributed by atoms with Crippen LogP contribution in [0.2, 0.25) is 0 Å². The van der Waals surface area contributed by atoms with Crippen LogP contribution in [0.25, 0.3) is 0 Å². The normalized spacial score (nSPS) is 19.1. The van der Waals surface area contributed by atoms with Crippen LogP contribution in [0.15, 0.2) is 16.6 Å². The van der Waals surface area contributed by atoms with Gasteiger partial charge in [-0.05, 0) is 25.0 Å². The topological polar surface area (TPSA) is 69.6 Å². The third kappa shape index (κ3) is 2.90. The number of halogens is 3. The van der Waals surface area contributed by atoms with E-state index in [1.807, 2.05) is 0 Å². The van der Waals surface area contributed by atoms with E-state index in [1.165, 1.54) is 0 Å². The van der Waals surface area contributed by atoms with Gasteiger partial charge < -0.3 is 15.3 Å². The van der Waals surface area contributed by atoms with Crippen LogP contribution in [-0.2, 0) is 4.79 Å². The minimum absolute atomic E-state index is 0.145. The van der Waals surface area contributed by atoms with Crippen LogP contribution in [0, 0.1) is 11.6 Å². The highest BCUT2D eigenvalue weighted by atomic mass is 79.9. The number of piperidine rings is 1. The number of hydrogen-bond acceptors (Lipinski definition) is 2. The van der Waals surface area contributed by atoms with Crippen LogP contribution in [0.3, 0.4) is 0 Å². The van der Waals surface area contributed by atoms with Gasteiger partial charge in [0.1, 0.15) is 11.7 Å². The van der Waals surface area contributed by atoms with Crippen molar-refractivity contribution in [1.82, 2.24) is 5.32 Å². The summed E-state index contributed by atoms with van der Waals surface area (Å²) in [5.41, 5.74) is -0.449. The maximum Gasteiger partial charge on any atom is 0.405 e. The molecular weight excluding hydrogens is 338 g/mol. The van der Waals surface area contributed by atoms with Crippen LogP contribution >= 0.6 is 15.9 Å². The summed E-state index contributed by atoms with van der Waals surface area (Å²) in [5.74, 6) is -2.40. The highest BCUT2D eigenvalue weighted by Gasteiger charge is 2.33. The fourth-order valence-corrected chi connectivity index (χ4v) is 2.57. The van der Waals surface area contributed by atoms with Gasteiger partial charge in [-0.2, -0.15) is 0 Å². The molecule has 1 aromatic rings. The Kier molecular flexibility index (Phi) is 4.22. The molecule has 1 fully saturated rings. The Labute approximate surface area is 121 Å². The molecule has 0 saturated carbocycles. The molecule has 0 unspecified atom stereocenters. The molecule has 0 spiro atoms. The zero-order valence-electron chi connectivity index (χ0n) is 10.2. The molecule has 1 saturated heterocycles. The van der Waals surface area contributed by atoms with Gasteiger partial charge >= 0.3 is 6.09 Å². The molecule has 1 heterocycles. The fraction of sp³-hybridized carbons (Fsp3) is 0.333. The Balaban J connectivity index is 2.33. The third-order valence-electron chi connectivity index (χ3n) is 2.99. The Morgan fingerprint density at radius 1 is 1.40 bits per heavy atom. The van der Waals surface area contributed by atoms with Gasteiger partial charge in [0.15, 0.2) is 11.6 Å². The second kappa shape index (κ2) is 5.74. The van der Waals surface area contributed by atoms with E-state index < -0.39 is 35.4 Å². The molecule has 2 rings (SSSR count). The molecule has 2 amide bonds. The summed E-state index contributed by atoms with van der Waals surface area (Å²) in [7, 11) is 0. The molecule has 0 aromatic heterocycles. The Hall–Kier alpha value is -1.70. The lowest BCUT2D eigenvalue weighted by atomic mass is 10.0. The predicted octanol–water partition coefficient (Wildman–Crippen LogP) is 2.49. The first-order valence-electron chi connectivity index (χ1n) is 5.85. The summed E-state index contributed by atoms with van der Waals surface area (Å²) in [4.78, 5) is 23.7. The van der Waals surface area contributed by atoms with Gasteiger partial charge in [0.05, 0.1) is 0 Å². The van der Waals surface area contributed by atoms with E-state index in [-0.39, 0.29) is 11.0 Å². The van der Waals surface area contributed by atoms with Gasteiger partial charge in [-0.1, -0.05) is 15.9 Å². The quantitative estimate of drug-likeness (QED) is 0.862. The van der Waals surface area contributed by atoms with Crippen molar-refractivity contribution >= 4 is 33.6 Å². The SMILES string of the molecule is O=C(O)N[C@@H]1CCCN(c2c(F)cc(Br)cc2F)C1=O. The first-order valence-corrected chi connectivity index (χ1v) is 6.65. The first kappa shape index (κ1) is 14.7. The van der Waals surface area contributed by atoms with Crippen molar-refractivity contribution in [3.05, 3.63) is 28.2 Å². The lowest BCUT2D eigenvalue weighted by molar-refractivity contribution is -0.121. The Morgan fingerprint density at radius 2 is 2.00 bits per heavy atom. The molecule has 8 heteroatoms. The summed E-state index contributed by atoms with van der Waals surface area (Å²) in [5, 5.41) is 10.7. The zero-order chi connectivity index (χ0) is 14.9. The van der Waals surface area contributed by atoms with Crippen molar-refractivity contribution in [3.63, 3.8) is 0 Å². The highest BCUT2D eigenvalue weighted by Crippen LogP contribution is 2.30. The summed E-state index contributed by atoms with van der Waals surface area (Å²) in [6.45, 7) is 0.145. The Bertz CT molecular complexity index is 545. The minimum atomic E-state index is -1.35. The largest absolute Gasteiger partial charge is 0.465 e. The van der Waals surface area contributed by atoms with Crippen LogP contribution < -0.4 is 10.2 Å². The summed E-state index contributed by atoms with van der Waals surface area (Å²) < 4.78 is 27.9. The molecule has 5 nitrogen and oxygen atoms in total. The van der Waals surface area contributed by atoms with Crippen LogP contribution in [0.5, 0.6) is 0 Å². The van der Waals surface area contributed by atoms with Crippen LogP contribution in [0.1, 0.15) is 12.8 Å². The molecule has 20 heavy (non-hydrogen) atoms. The van der Waals surface area contributed by atoms with Crippen LogP contribution in [0.4, 0.5) is 19.3 Å². The average Bonchev–Trinajstić information content (AvgIpc) is 2.32. The lowest BCUT2D eigenvalue weighted by Crippen LogP contribution is -2.52. The van der Waals surface area contributed by atoms with Gasteiger partial charge in [-0.3, -0.25) is 4.79 Å². The molecule has 0 bridgehead atoms. The number of hydrogen-bond donors (Lipinski definition) is 2. The van der Waals surface area contributed by atoms with E-state index in [0.717, 1.165) is 17.0 Å². The van der Waals surface area contributed by atoms with Gasteiger partial charge in [0.25, 0.3) is 0 Å². The number of carboxylic acid groups (broad SMARTS) is 1. The molecule has 1 aliphatic rings. The third-order valence-corrected chi connectivity index (χ3v) is 3.45. The van der Waals surface area contributed by atoms with E-state index in [1.54, 1.807) is 0 Å². The van der Waals surface area contributed by atoms with Crippen molar-refractivity contribution in [2.45, 2.75) is 18.9 Å². The lowest BCUT2D eigenvalue weighted by Gasteiger charge is -2.32. The maximum atomic E-state index is 13.9. The van der Waals surface area contributed by atoms with E-state index >= 15 is 0 Å². The van der Waals surface area contributed by atoms with Crippen molar-refractivity contribution < 1.29 is 23.5 Å². The van der Waals surface area contributed by atoms with Gasteiger partial charge in [-0.25, -0.2) is 13.6 Å². The number of anilines is 1. The Morgan fingerprint density at radius 3 is 2.55 bits per heavy atom. The number of benzene rings is 1. The smallest absolute Gasteiger partial charge is 0.405 e. The molecule has 1 aliphatic heterocycles. The van der Waals surface area contributed by atoms with Crippen molar-refractivity contribution in [2.75, 3.05) is 11.4 Å². The van der Waals surface area contributed by atoms with Crippen molar-refractivity contribution in [1.29, 1.82) is 0 Å². The standard InChI is InChI=1S/C12H11BrF2N2O3/c13-6-4-7(14)10(8(15)5-6)17-3-1-2-9(11(17)18)16-12(19)20/h4-5,9,16H,1-3H2,(H,19,20)/t9-/m1/s1. The van der Waals surface area contributed by atoms with Gasteiger partial charge in [0.2, 0.25) is 5.91 Å². The number of nitrogens with one attached hydrogen (secondary N) is 1. The number of carbonyl (C=O) groups is 2. The van der Waals surface area contributed by atoms with Gasteiger partial charge in [0, 0.05) is 11.0 Å². The molecule has 0 aliphatic carbocycles. The minimum Gasteiger partial charge on any atom is -0.465 e. The van der Waals surface area contributed by atoms with E-state index in [0.29, 0.717) is 12.8 Å². The predicted molar refractivity (Wildman–Crippen MR) is 70.6 cm³/mol. The second-order valence-corrected chi connectivity index (χ2v) is 5.27. The van der Waals surface area contributed by atoms with Gasteiger partial charge in [-0.15, -0.1) is 0 Å². The average molecular weight is 349 g/mol. The number of nitrogens with zero attached hydrogens (tertiary/aromatic N) is 1. The number of carbonyl (C=O) groups excluding carboxylic acids is 1. The van der Waals surface area contributed by atoms with Crippen molar-refractivity contribution in [2.24, 2.45) is 0 Å². The molecule has 1 atom stereocenters. The summed E-state index contributed by atoms with van der Waals surface area (Å²) in [6.07, 6.45) is -0.588. The molecule has 108 valence electrons. The molecule has 0 radical (unpaired) electrons. The molecular formula is C12H11BrF2N2O3. The van der Waals surface area contributed by atoms with E-state index in [2.05, 4.69) is 21.2 Å². The zero-order valence-corrected chi connectivity index (χ0v) is 11.8. The van der Waals surface area contributed by atoms with Crippen molar-refractivity contribution in [3.8, 4) is 0 Å². The fourth-order valence-electron chi connectivity index (χ4n) is 2.17. The molecule has 2 N–H and O–H groups in total.